The van der Waals surface area contributed by atoms with Crippen molar-refractivity contribution in [1.82, 2.24) is 5.32 Å². The van der Waals surface area contributed by atoms with E-state index in [0.717, 1.165) is 24.2 Å². The van der Waals surface area contributed by atoms with Crippen LogP contribution in [0.4, 0.5) is 0 Å². The first-order valence-corrected chi connectivity index (χ1v) is 7.24. The fourth-order valence-electron chi connectivity index (χ4n) is 2.72. The van der Waals surface area contributed by atoms with E-state index in [0.29, 0.717) is 25.5 Å². The minimum absolute atomic E-state index is 0.126. The summed E-state index contributed by atoms with van der Waals surface area (Å²) in [6.07, 6.45) is 1.68. The maximum absolute atomic E-state index is 12.2. The maximum Gasteiger partial charge on any atom is 0.237 e. The molecule has 114 valence electrons. The number of para-hydroxylation sites is 1. The molecule has 2 heterocycles. The lowest BCUT2D eigenvalue weighted by atomic mass is 9.92. The predicted molar refractivity (Wildman–Crippen MR) is 75.9 cm³/mol. The van der Waals surface area contributed by atoms with Crippen molar-refractivity contribution in [2.45, 2.75) is 25.4 Å². The van der Waals surface area contributed by atoms with Gasteiger partial charge in [0.15, 0.2) is 11.5 Å². The van der Waals surface area contributed by atoms with Crippen molar-refractivity contribution in [2.75, 3.05) is 20.0 Å². The average molecular weight is 292 g/mol. The van der Waals surface area contributed by atoms with Gasteiger partial charge >= 0.3 is 0 Å². The monoisotopic (exact) mass is 292 g/mol. The number of hydrogen-bond donors (Lipinski definition) is 2. The van der Waals surface area contributed by atoms with Crippen molar-refractivity contribution in [2.24, 2.45) is 11.7 Å². The van der Waals surface area contributed by atoms with E-state index >= 15 is 0 Å². The van der Waals surface area contributed by atoms with E-state index in [1.807, 2.05) is 18.2 Å². The Morgan fingerprint density at radius 2 is 2.14 bits per heavy atom. The molecule has 3 rings (SSSR count). The van der Waals surface area contributed by atoms with Crippen LogP contribution in [0.1, 0.15) is 18.4 Å². The summed E-state index contributed by atoms with van der Waals surface area (Å²) < 4.78 is 16.0. The number of amides is 1. The Labute approximate surface area is 123 Å². The van der Waals surface area contributed by atoms with Crippen molar-refractivity contribution in [3.8, 4) is 11.5 Å². The van der Waals surface area contributed by atoms with Gasteiger partial charge in [-0.25, -0.2) is 0 Å². The van der Waals surface area contributed by atoms with E-state index in [2.05, 4.69) is 5.32 Å². The highest BCUT2D eigenvalue weighted by atomic mass is 16.7. The summed E-state index contributed by atoms with van der Waals surface area (Å²) in [7, 11) is 0. The zero-order valence-electron chi connectivity index (χ0n) is 11.8. The Bertz CT molecular complexity index is 514. The summed E-state index contributed by atoms with van der Waals surface area (Å²) in [6, 6.07) is 5.16. The Hall–Kier alpha value is -1.79. The molecule has 0 radical (unpaired) electrons. The smallest absolute Gasteiger partial charge is 0.237 e. The molecule has 2 aliphatic rings. The molecule has 0 spiro atoms. The van der Waals surface area contributed by atoms with Crippen LogP contribution in [0.5, 0.6) is 11.5 Å². The fraction of sp³-hybridized carbons (Fsp3) is 0.533. The third-order valence-corrected chi connectivity index (χ3v) is 4.01. The van der Waals surface area contributed by atoms with Gasteiger partial charge in [-0.15, -0.1) is 0 Å². The van der Waals surface area contributed by atoms with Crippen LogP contribution in [0.2, 0.25) is 0 Å². The van der Waals surface area contributed by atoms with Gasteiger partial charge in [0.25, 0.3) is 0 Å². The zero-order valence-corrected chi connectivity index (χ0v) is 11.8. The minimum atomic E-state index is -0.483. The van der Waals surface area contributed by atoms with Crippen LogP contribution < -0.4 is 20.5 Å². The lowest BCUT2D eigenvalue weighted by molar-refractivity contribution is -0.124. The maximum atomic E-state index is 12.2. The second kappa shape index (κ2) is 6.32. The standard InChI is InChI=1S/C15H20N2O4/c16-13(10-4-6-19-7-5-10)15(18)17-8-11-2-1-3-12-14(11)21-9-20-12/h1-3,10,13H,4-9,16H2,(H,17,18). The van der Waals surface area contributed by atoms with Crippen molar-refractivity contribution in [3.63, 3.8) is 0 Å². The third-order valence-electron chi connectivity index (χ3n) is 4.01. The molecule has 3 N–H and O–H groups in total. The molecule has 6 nitrogen and oxygen atoms in total. The molecule has 1 atom stereocenters. The van der Waals surface area contributed by atoms with Crippen molar-refractivity contribution < 1.29 is 19.0 Å². The van der Waals surface area contributed by atoms with Crippen LogP contribution in [-0.2, 0) is 16.1 Å². The highest BCUT2D eigenvalue weighted by Gasteiger charge is 2.26. The highest BCUT2D eigenvalue weighted by Crippen LogP contribution is 2.35. The number of benzene rings is 1. The van der Waals surface area contributed by atoms with Crippen molar-refractivity contribution in [3.05, 3.63) is 23.8 Å². The molecule has 1 aromatic carbocycles. The summed E-state index contributed by atoms with van der Waals surface area (Å²) in [5.41, 5.74) is 6.95. The Balaban J connectivity index is 1.57. The first kappa shape index (κ1) is 14.2. The molecular formula is C15H20N2O4. The van der Waals surface area contributed by atoms with Gasteiger partial charge < -0.3 is 25.3 Å². The second-order valence-corrected chi connectivity index (χ2v) is 5.34. The summed E-state index contributed by atoms with van der Waals surface area (Å²) in [6.45, 7) is 1.98. The fourth-order valence-corrected chi connectivity index (χ4v) is 2.72. The molecule has 1 fully saturated rings. The number of rotatable bonds is 4. The summed E-state index contributed by atoms with van der Waals surface area (Å²) in [5.74, 6) is 1.49. The summed E-state index contributed by atoms with van der Waals surface area (Å²) >= 11 is 0. The normalized spacial score (nSPS) is 19.3. The van der Waals surface area contributed by atoms with Crippen LogP contribution >= 0.6 is 0 Å². The molecule has 0 bridgehead atoms. The first-order valence-electron chi connectivity index (χ1n) is 7.24. The van der Waals surface area contributed by atoms with Gasteiger partial charge in [-0.3, -0.25) is 4.79 Å². The molecule has 1 unspecified atom stereocenters. The molecule has 1 aromatic rings. The number of nitrogens with one attached hydrogen (secondary N) is 1. The Morgan fingerprint density at radius 1 is 1.33 bits per heavy atom. The molecule has 0 aliphatic carbocycles. The molecule has 21 heavy (non-hydrogen) atoms. The SMILES string of the molecule is NC(C(=O)NCc1cccc2c1OCO2)C1CCOCC1. The number of carbonyl (C=O) groups is 1. The van der Waals surface area contributed by atoms with Gasteiger partial charge in [-0.1, -0.05) is 12.1 Å². The predicted octanol–water partition coefficient (Wildman–Crippen LogP) is 0.785. The van der Waals surface area contributed by atoms with Gasteiger partial charge in [-0.05, 0) is 24.8 Å². The quantitative estimate of drug-likeness (QED) is 0.857. The number of hydrogen-bond acceptors (Lipinski definition) is 5. The Morgan fingerprint density at radius 3 is 2.95 bits per heavy atom. The summed E-state index contributed by atoms with van der Waals surface area (Å²) in [5, 5.41) is 2.89. The van der Waals surface area contributed by atoms with Crippen LogP contribution in [-0.4, -0.2) is 32.0 Å². The molecule has 1 saturated heterocycles. The van der Waals surface area contributed by atoms with Gasteiger partial charge in [0.1, 0.15) is 0 Å². The van der Waals surface area contributed by atoms with Crippen molar-refractivity contribution >= 4 is 5.91 Å². The minimum Gasteiger partial charge on any atom is -0.454 e. The van der Waals surface area contributed by atoms with E-state index in [1.54, 1.807) is 0 Å². The van der Waals surface area contributed by atoms with Gasteiger partial charge in [-0.2, -0.15) is 0 Å². The van der Waals surface area contributed by atoms with Crippen LogP contribution in [0.15, 0.2) is 18.2 Å². The molecular weight excluding hydrogens is 272 g/mol. The third kappa shape index (κ3) is 3.11. The lowest BCUT2D eigenvalue weighted by Crippen LogP contribution is -2.46. The number of fused-ring (bicyclic) bond motifs is 1. The molecule has 6 heteroatoms. The van der Waals surface area contributed by atoms with Gasteiger partial charge in [0.2, 0.25) is 12.7 Å². The molecule has 0 saturated carbocycles. The van der Waals surface area contributed by atoms with Gasteiger partial charge in [0, 0.05) is 25.3 Å². The number of nitrogens with two attached hydrogens (primary N) is 1. The van der Waals surface area contributed by atoms with E-state index in [1.165, 1.54) is 0 Å². The largest absolute Gasteiger partial charge is 0.454 e. The van der Waals surface area contributed by atoms with Gasteiger partial charge in [0.05, 0.1) is 6.04 Å². The van der Waals surface area contributed by atoms with E-state index < -0.39 is 6.04 Å². The topological polar surface area (TPSA) is 82.8 Å². The molecule has 0 aromatic heterocycles. The Kier molecular flexibility index (Phi) is 4.26. The first-order chi connectivity index (χ1) is 10.3. The van der Waals surface area contributed by atoms with Crippen molar-refractivity contribution in [1.29, 1.82) is 0 Å². The van der Waals surface area contributed by atoms with Crippen LogP contribution in [0.3, 0.4) is 0 Å². The number of carbonyl (C=O) groups excluding carboxylic acids is 1. The van der Waals surface area contributed by atoms with E-state index in [-0.39, 0.29) is 18.6 Å². The van der Waals surface area contributed by atoms with Crippen LogP contribution in [0, 0.1) is 5.92 Å². The van der Waals surface area contributed by atoms with Crippen LogP contribution in [0.25, 0.3) is 0 Å². The molecule has 2 aliphatic heterocycles. The molecule has 1 amide bonds. The number of ether oxygens (including phenoxy) is 3. The highest BCUT2D eigenvalue weighted by molar-refractivity contribution is 5.81. The second-order valence-electron chi connectivity index (χ2n) is 5.34. The lowest BCUT2D eigenvalue weighted by Gasteiger charge is -2.26. The van der Waals surface area contributed by atoms with E-state index in [4.69, 9.17) is 19.9 Å². The average Bonchev–Trinajstić information content (AvgIpc) is 3.02. The zero-order chi connectivity index (χ0) is 14.7. The van der Waals surface area contributed by atoms with E-state index in [9.17, 15) is 4.79 Å². The summed E-state index contributed by atoms with van der Waals surface area (Å²) in [4.78, 5) is 12.2.